The topological polar surface area (TPSA) is 35.2 Å². The summed E-state index contributed by atoms with van der Waals surface area (Å²) in [4.78, 5) is 0. The zero-order valence-corrected chi connectivity index (χ0v) is 8.71. The fourth-order valence-electron chi connectivity index (χ4n) is 1.55. The van der Waals surface area contributed by atoms with Gasteiger partial charge in [0.25, 0.3) is 0 Å². The molecule has 2 rings (SSSR count). The predicted molar refractivity (Wildman–Crippen MR) is 56.7 cm³/mol. The van der Waals surface area contributed by atoms with Crippen LogP contribution in [0, 0.1) is 11.7 Å². The number of benzene rings is 1. The van der Waals surface area contributed by atoms with E-state index in [4.69, 9.17) is 10.5 Å². The standard InChI is InChI=1S/C12H16FNO/c13-12-4-3-10(11(5-12)6-14)8-15-7-9-1-2-9/h3-5,9H,1-2,6-8,14H2. The fraction of sp³-hybridized carbons (Fsp3) is 0.500. The van der Waals surface area contributed by atoms with Crippen molar-refractivity contribution < 1.29 is 9.13 Å². The minimum atomic E-state index is -0.235. The molecule has 1 aliphatic rings. The summed E-state index contributed by atoms with van der Waals surface area (Å²) in [6, 6.07) is 4.69. The van der Waals surface area contributed by atoms with Gasteiger partial charge in [0.1, 0.15) is 5.82 Å². The van der Waals surface area contributed by atoms with Gasteiger partial charge in [-0.1, -0.05) is 6.07 Å². The molecule has 0 atom stereocenters. The molecular formula is C12H16FNO. The van der Waals surface area contributed by atoms with E-state index in [2.05, 4.69) is 0 Å². The van der Waals surface area contributed by atoms with Crippen LogP contribution >= 0.6 is 0 Å². The summed E-state index contributed by atoms with van der Waals surface area (Å²) in [6.07, 6.45) is 2.57. The number of nitrogens with two attached hydrogens (primary N) is 1. The molecule has 0 spiro atoms. The third-order valence-electron chi connectivity index (χ3n) is 2.70. The van der Waals surface area contributed by atoms with Crippen LogP contribution in [-0.4, -0.2) is 6.61 Å². The van der Waals surface area contributed by atoms with Crippen molar-refractivity contribution >= 4 is 0 Å². The summed E-state index contributed by atoms with van der Waals surface area (Å²) >= 11 is 0. The lowest BCUT2D eigenvalue weighted by molar-refractivity contribution is 0.110. The minimum absolute atomic E-state index is 0.235. The molecule has 2 N–H and O–H groups in total. The highest BCUT2D eigenvalue weighted by molar-refractivity contribution is 5.27. The Morgan fingerprint density at radius 3 is 2.80 bits per heavy atom. The highest BCUT2D eigenvalue weighted by Gasteiger charge is 2.21. The second-order valence-electron chi connectivity index (χ2n) is 4.08. The average molecular weight is 209 g/mol. The molecular weight excluding hydrogens is 193 g/mol. The van der Waals surface area contributed by atoms with Gasteiger partial charge in [-0.3, -0.25) is 0 Å². The Bertz CT molecular complexity index is 336. The van der Waals surface area contributed by atoms with E-state index in [1.807, 2.05) is 0 Å². The van der Waals surface area contributed by atoms with Crippen molar-refractivity contribution in [3.8, 4) is 0 Å². The molecule has 0 unspecified atom stereocenters. The number of hydrogen-bond acceptors (Lipinski definition) is 2. The Labute approximate surface area is 89.2 Å². The van der Waals surface area contributed by atoms with Crippen LogP contribution in [0.5, 0.6) is 0 Å². The number of ether oxygens (including phenoxy) is 1. The molecule has 0 aromatic heterocycles. The predicted octanol–water partition coefficient (Wildman–Crippen LogP) is 2.21. The van der Waals surface area contributed by atoms with Crippen LogP contribution in [0.3, 0.4) is 0 Å². The van der Waals surface area contributed by atoms with Crippen molar-refractivity contribution in [3.05, 3.63) is 35.1 Å². The van der Waals surface area contributed by atoms with Crippen LogP contribution in [0.2, 0.25) is 0 Å². The van der Waals surface area contributed by atoms with Crippen molar-refractivity contribution in [1.29, 1.82) is 0 Å². The molecule has 1 fully saturated rings. The Morgan fingerprint density at radius 1 is 1.33 bits per heavy atom. The quantitative estimate of drug-likeness (QED) is 0.807. The van der Waals surface area contributed by atoms with E-state index in [0.717, 1.165) is 23.7 Å². The maximum atomic E-state index is 12.9. The van der Waals surface area contributed by atoms with Crippen LogP contribution in [0.15, 0.2) is 18.2 Å². The molecule has 2 nitrogen and oxygen atoms in total. The van der Waals surface area contributed by atoms with Crippen LogP contribution in [0.25, 0.3) is 0 Å². The molecule has 0 bridgehead atoms. The van der Waals surface area contributed by atoms with Gasteiger partial charge in [-0.05, 0) is 42.0 Å². The second kappa shape index (κ2) is 4.73. The summed E-state index contributed by atoms with van der Waals surface area (Å²) in [5.41, 5.74) is 7.38. The van der Waals surface area contributed by atoms with Gasteiger partial charge in [0.2, 0.25) is 0 Å². The van der Waals surface area contributed by atoms with Crippen molar-refractivity contribution in [1.82, 2.24) is 0 Å². The van der Waals surface area contributed by atoms with Crippen LogP contribution in [0.4, 0.5) is 4.39 Å². The lowest BCUT2D eigenvalue weighted by Crippen LogP contribution is -2.05. The molecule has 1 saturated carbocycles. The van der Waals surface area contributed by atoms with E-state index < -0.39 is 0 Å². The molecule has 0 amide bonds. The zero-order valence-electron chi connectivity index (χ0n) is 8.71. The van der Waals surface area contributed by atoms with Crippen molar-refractivity contribution in [3.63, 3.8) is 0 Å². The van der Waals surface area contributed by atoms with Crippen LogP contribution in [0.1, 0.15) is 24.0 Å². The highest BCUT2D eigenvalue weighted by atomic mass is 19.1. The Kier molecular flexibility index (Phi) is 3.34. The molecule has 1 aromatic rings. The summed E-state index contributed by atoms with van der Waals surface area (Å²) in [5.74, 6) is 0.521. The Morgan fingerprint density at radius 2 is 2.13 bits per heavy atom. The van der Waals surface area contributed by atoms with Crippen molar-refractivity contribution in [2.24, 2.45) is 11.7 Å². The Balaban J connectivity index is 1.92. The molecule has 0 aliphatic heterocycles. The molecule has 82 valence electrons. The van der Waals surface area contributed by atoms with E-state index in [-0.39, 0.29) is 5.82 Å². The van der Waals surface area contributed by atoms with Crippen molar-refractivity contribution in [2.75, 3.05) is 6.61 Å². The van der Waals surface area contributed by atoms with Gasteiger partial charge in [-0.15, -0.1) is 0 Å². The first-order chi connectivity index (χ1) is 7.29. The van der Waals surface area contributed by atoms with E-state index in [1.54, 1.807) is 6.07 Å². The molecule has 3 heteroatoms. The molecule has 0 radical (unpaired) electrons. The molecule has 0 heterocycles. The summed E-state index contributed by atoms with van der Waals surface area (Å²) in [6.45, 7) is 1.73. The molecule has 0 saturated heterocycles. The first-order valence-electron chi connectivity index (χ1n) is 5.34. The van der Waals surface area contributed by atoms with Gasteiger partial charge < -0.3 is 10.5 Å². The van der Waals surface area contributed by atoms with Crippen molar-refractivity contribution in [2.45, 2.75) is 26.0 Å². The zero-order chi connectivity index (χ0) is 10.7. The second-order valence-corrected chi connectivity index (χ2v) is 4.08. The minimum Gasteiger partial charge on any atom is -0.376 e. The third kappa shape index (κ3) is 3.01. The average Bonchev–Trinajstić information content (AvgIpc) is 3.04. The lowest BCUT2D eigenvalue weighted by Gasteiger charge is -2.08. The summed E-state index contributed by atoms with van der Waals surface area (Å²) in [7, 11) is 0. The largest absolute Gasteiger partial charge is 0.376 e. The summed E-state index contributed by atoms with van der Waals surface area (Å²) < 4.78 is 18.4. The van der Waals surface area contributed by atoms with E-state index in [0.29, 0.717) is 13.2 Å². The normalized spacial score (nSPS) is 15.6. The first-order valence-corrected chi connectivity index (χ1v) is 5.34. The maximum Gasteiger partial charge on any atom is 0.123 e. The highest BCUT2D eigenvalue weighted by Crippen LogP contribution is 2.29. The molecule has 1 aromatic carbocycles. The SMILES string of the molecule is NCc1cc(F)ccc1COCC1CC1. The number of hydrogen-bond donors (Lipinski definition) is 1. The van der Waals surface area contributed by atoms with Gasteiger partial charge >= 0.3 is 0 Å². The van der Waals surface area contributed by atoms with Crippen LogP contribution < -0.4 is 5.73 Å². The van der Waals surface area contributed by atoms with Gasteiger partial charge in [0.15, 0.2) is 0 Å². The molecule has 15 heavy (non-hydrogen) atoms. The summed E-state index contributed by atoms with van der Waals surface area (Å²) in [5, 5.41) is 0. The van der Waals surface area contributed by atoms with Crippen LogP contribution in [-0.2, 0) is 17.9 Å². The fourth-order valence-corrected chi connectivity index (χ4v) is 1.55. The van der Waals surface area contributed by atoms with Gasteiger partial charge in [0, 0.05) is 13.2 Å². The number of rotatable bonds is 5. The monoisotopic (exact) mass is 209 g/mol. The third-order valence-corrected chi connectivity index (χ3v) is 2.70. The smallest absolute Gasteiger partial charge is 0.123 e. The lowest BCUT2D eigenvalue weighted by atomic mass is 10.1. The number of halogens is 1. The van der Waals surface area contributed by atoms with E-state index >= 15 is 0 Å². The van der Waals surface area contributed by atoms with Gasteiger partial charge in [-0.2, -0.15) is 0 Å². The molecule has 1 aliphatic carbocycles. The van der Waals surface area contributed by atoms with E-state index in [9.17, 15) is 4.39 Å². The van der Waals surface area contributed by atoms with Gasteiger partial charge in [-0.25, -0.2) is 4.39 Å². The van der Waals surface area contributed by atoms with Gasteiger partial charge in [0.05, 0.1) is 6.61 Å². The Hall–Kier alpha value is -0.930. The van der Waals surface area contributed by atoms with E-state index in [1.165, 1.54) is 25.0 Å². The first kappa shape index (κ1) is 10.6. The maximum absolute atomic E-state index is 12.9.